The summed E-state index contributed by atoms with van der Waals surface area (Å²) in [6, 6.07) is 0. The summed E-state index contributed by atoms with van der Waals surface area (Å²) in [4.78, 5) is 23.2. The number of fused-ring (bicyclic) bond motifs is 1. The molecule has 3 N–H and O–H groups in total. The summed E-state index contributed by atoms with van der Waals surface area (Å²) >= 11 is 0. The first-order valence-corrected chi connectivity index (χ1v) is 11.2. The van der Waals surface area contributed by atoms with Crippen LogP contribution in [0.25, 0.3) is 11.2 Å². The molecule has 2 aromatic rings. The molecule has 0 radical (unpaired) electrons. The molecule has 33 heavy (non-hydrogen) atoms. The number of ether oxygens (including phenoxy) is 6. The van der Waals surface area contributed by atoms with E-state index in [4.69, 9.17) is 34.2 Å². The number of nitrogen functional groups attached to an aromatic ring is 1. The monoisotopic (exact) mass is 469 g/mol. The zero-order valence-electron chi connectivity index (χ0n) is 19.9. The van der Waals surface area contributed by atoms with Gasteiger partial charge in [0.25, 0.3) is 5.56 Å². The molecular formula is C21H35N5O7. The van der Waals surface area contributed by atoms with Crippen LogP contribution in [0.1, 0.15) is 40.8 Å². The first-order valence-electron chi connectivity index (χ1n) is 11.2. The van der Waals surface area contributed by atoms with Crippen LogP contribution < -0.4 is 11.3 Å². The lowest BCUT2D eigenvalue weighted by Crippen LogP contribution is -2.40. The highest BCUT2D eigenvalue weighted by Gasteiger charge is 2.48. The summed E-state index contributed by atoms with van der Waals surface area (Å²) in [5, 5.41) is 0. The van der Waals surface area contributed by atoms with Gasteiger partial charge in [0.05, 0.1) is 38.4 Å². The van der Waals surface area contributed by atoms with Crippen LogP contribution in [0.5, 0.6) is 0 Å². The Kier molecular flexibility index (Phi) is 9.18. The molecule has 0 aromatic carbocycles. The van der Waals surface area contributed by atoms with Crippen LogP contribution in [0.2, 0.25) is 0 Å². The summed E-state index contributed by atoms with van der Waals surface area (Å²) in [5.41, 5.74) is 5.79. The van der Waals surface area contributed by atoms with Crippen LogP contribution in [-0.4, -0.2) is 83.3 Å². The molecule has 0 saturated carbocycles. The average molecular weight is 470 g/mol. The molecule has 4 atom stereocenters. The Morgan fingerprint density at radius 2 is 1.94 bits per heavy atom. The van der Waals surface area contributed by atoms with Gasteiger partial charge in [0, 0.05) is 6.61 Å². The van der Waals surface area contributed by atoms with Gasteiger partial charge in [0.1, 0.15) is 25.1 Å². The summed E-state index contributed by atoms with van der Waals surface area (Å²) in [6.07, 6.45) is -0.737. The fourth-order valence-electron chi connectivity index (χ4n) is 3.59. The lowest BCUT2D eigenvalue weighted by molar-refractivity contribution is -0.155. The normalized spacial score (nSPS) is 23.4. The molecule has 186 valence electrons. The molecule has 0 aliphatic carbocycles. The minimum atomic E-state index is -0.691. The summed E-state index contributed by atoms with van der Waals surface area (Å²) in [7, 11) is 0. The second-order valence-electron chi connectivity index (χ2n) is 8.23. The summed E-state index contributed by atoms with van der Waals surface area (Å²) in [5.74, 6) is -0.0151. The summed E-state index contributed by atoms with van der Waals surface area (Å²) < 4.78 is 37.0. The van der Waals surface area contributed by atoms with Gasteiger partial charge < -0.3 is 34.2 Å². The van der Waals surface area contributed by atoms with Crippen molar-refractivity contribution >= 4 is 17.1 Å². The van der Waals surface area contributed by atoms with Gasteiger partial charge in [-0.05, 0) is 34.6 Å². The van der Waals surface area contributed by atoms with Crippen molar-refractivity contribution in [3.8, 4) is 0 Å². The number of hydrogen-bond donors (Lipinski definition) is 2. The van der Waals surface area contributed by atoms with Gasteiger partial charge in [0.15, 0.2) is 17.4 Å². The third-order valence-electron chi connectivity index (χ3n) is 4.95. The predicted octanol–water partition coefficient (Wildman–Crippen LogP) is 1.21. The molecule has 1 saturated heterocycles. The zero-order chi connectivity index (χ0) is 24.0. The van der Waals surface area contributed by atoms with Gasteiger partial charge in [-0.2, -0.15) is 4.98 Å². The molecular weight excluding hydrogens is 434 g/mol. The van der Waals surface area contributed by atoms with Crippen molar-refractivity contribution in [3.63, 3.8) is 0 Å². The number of hydrogen-bond acceptors (Lipinski definition) is 10. The van der Waals surface area contributed by atoms with E-state index in [1.807, 2.05) is 34.6 Å². The van der Waals surface area contributed by atoms with Crippen LogP contribution in [-0.2, 0) is 28.4 Å². The maximum Gasteiger partial charge on any atom is 0.280 e. The highest BCUT2D eigenvalue weighted by molar-refractivity contribution is 5.70. The minimum Gasteiger partial charge on any atom is -0.379 e. The lowest BCUT2D eigenvalue weighted by atomic mass is 10.1. The van der Waals surface area contributed by atoms with Crippen molar-refractivity contribution in [1.29, 1.82) is 0 Å². The topological polar surface area (TPSA) is 145 Å². The predicted molar refractivity (Wildman–Crippen MR) is 120 cm³/mol. The van der Waals surface area contributed by atoms with Crippen LogP contribution in [0, 0.1) is 0 Å². The number of aromatic amines is 1. The van der Waals surface area contributed by atoms with E-state index in [1.165, 1.54) is 6.33 Å². The molecule has 2 aromatic heterocycles. The van der Waals surface area contributed by atoms with E-state index < -0.39 is 30.1 Å². The maximum absolute atomic E-state index is 12.3. The number of anilines is 1. The minimum absolute atomic E-state index is 0.0100. The van der Waals surface area contributed by atoms with Gasteiger partial charge in [0.2, 0.25) is 5.95 Å². The van der Waals surface area contributed by atoms with Gasteiger partial charge >= 0.3 is 0 Å². The van der Waals surface area contributed by atoms with Crippen molar-refractivity contribution in [2.24, 2.45) is 0 Å². The van der Waals surface area contributed by atoms with Crippen molar-refractivity contribution < 1.29 is 28.4 Å². The molecule has 1 aliphatic heterocycles. The average Bonchev–Trinajstić information content (AvgIpc) is 3.30. The highest BCUT2D eigenvalue weighted by Crippen LogP contribution is 2.36. The van der Waals surface area contributed by atoms with E-state index in [1.54, 1.807) is 4.57 Å². The Hall–Kier alpha value is -2.09. The number of aromatic nitrogens is 4. The molecule has 0 unspecified atom stereocenters. The molecule has 12 nitrogen and oxygen atoms in total. The van der Waals surface area contributed by atoms with Crippen LogP contribution >= 0.6 is 0 Å². The van der Waals surface area contributed by atoms with E-state index in [0.717, 1.165) is 0 Å². The van der Waals surface area contributed by atoms with E-state index in [9.17, 15) is 4.79 Å². The molecule has 1 aliphatic rings. The molecule has 3 rings (SSSR count). The zero-order valence-corrected chi connectivity index (χ0v) is 19.9. The number of nitrogens with one attached hydrogen (secondary N) is 1. The number of H-pyrrole nitrogens is 1. The fourth-order valence-corrected chi connectivity index (χ4v) is 3.59. The van der Waals surface area contributed by atoms with E-state index in [0.29, 0.717) is 32.1 Å². The van der Waals surface area contributed by atoms with Gasteiger partial charge in [-0.3, -0.25) is 14.3 Å². The molecule has 12 heteroatoms. The SMILES string of the molecule is CCOCCOCO[C@@H]1[C@H](OC(C)C)[C@@H](COC(C)C)O[C@H]1n1cnc2c(=O)[nH]c(N)nc21. The Bertz CT molecular complexity index is 931. The maximum atomic E-state index is 12.3. The van der Waals surface area contributed by atoms with Crippen LogP contribution in [0.15, 0.2) is 11.1 Å². The van der Waals surface area contributed by atoms with E-state index >= 15 is 0 Å². The van der Waals surface area contributed by atoms with E-state index in [2.05, 4.69) is 15.0 Å². The highest BCUT2D eigenvalue weighted by atomic mass is 16.7. The Balaban J connectivity index is 1.88. The van der Waals surface area contributed by atoms with Crippen molar-refractivity contribution in [2.75, 3.05) is 39.0 Å². The first kappa shape index (κ1) is 25.5. The Morgan fingerprint density at radius 1 is 1.18 bits per heavy atom. The standard InChI is InChI=1S/C21H35N5O7/c1-6-28-7-8-29-11-31-17-16(32-13(4)5)14(9-30-12(2)3)33-20(17)26-10-23-15-18(26)24-21(22)25-19(15)27/h10,12-14,16-17,20H,6-9,11H2,1-5H3,(H3,22,24,25,27)/t14-,16-,17-,20-/m1/s1. The molecule has 0 spiro atoms. The number of nitrogens with zero attached hydrogens (tertiary/aromatic N) is 3. The Labute approximate surface area is 192 Å². The van der Waals surface area contributed by atoms with Crippen LogP contribution in [0.4, 0.5) is 5.95 Å². The molecule has 0 bridgehead atoms. The molecule has 0 amide bonds. The number of nitrogens with two attached hydrogens (primary N) is 1. The van der Waals surface area contributed by atoms with Crippen LogP contribution in [0.3, 0.4) is 0 Å². The third-order valence-corrected chi connectivity index (χ3v) is 4.95. The first-order chi connectivity index (χ1) is 15.8. The van der Waals surface area contributed by atoms with Crippen molar-refractivity contribution in [3.05, 3.63) is 16.7 Å². The summed E-state index contributed by atoms with van der Waals surface area (Å²) in [6.45, 7) is 11.5. The smallest absolute Gasteiger partial charge is 0.280 e. The van der Waals surface area contributed by atoms with Crippen molar-refractivity contribution in [1.82, 2.24) is 19.5 Å². The van der Waals surface area contributed by atoms with Gasteiger partial charge in [-0.25, -0.2) is 4.98 Å². The lowest BCUT2D eigenvalue weighted by Gasteiger charge is -2.27. The Morgan fingerprint density at radius 3 is 2.64 bits per heavy atom. The second kappa shape index (κ2) is 11.9. The second-order valence-corrected chi connectivity index (χ2v) is 8.23. The van der Waals surface area contributed by atoms with E-state index in [-0.39, 0.29) is 30.5 Å². The molecule has 1 fully saturated rings. The third kappa shape index (κ3) is 6.49. The van der Waals surface area contributed by atoms with Crippen molar-refractivity contribution in [2.45, 2.75) is 71.4 Å². The quantitative estimate of drug-likeness (QED) is 0.324. The largest absolute Gasteiger partial charge is 0.379 e. The van der Waals surface area contributed by atoms with Gasteiger partial charge in [-0.1, -0.05) is 0 Å². The molecule has 3 heterocycles. The number of rotatable bonds is 13. The fraction of sp³-hybridized carbons (Fsp3) is 0.762. The van der Waals surface area contributed by atoms with Gasteiger partial charge in [-0.15, -0.1) is 0 Å². The number of imidazole rings is 1.